The Labute approximate surface area is 189 Å². The van der Waals surface area contributed by atoms with Crippen LogP contribution in [0.15, 0.2) is 12.1 Å². The van der Waals surface area contributed by atoms with Crippen molar-refractivity contribution in [3.8, 4) is 17.2 Å². The van der Waals surface area contributed by atoms with Gasteiger partial charge in [0.25, 0.3) is 11.9 Å². The van der Waals surface area contributed by atoms with E-state index in [-0.39, 0.29) is 18.0 Å². The number of methoxy groups -OCH3 is 2. The summed E-state index contributed by atoms with van der Waals surface area (Å²) in [4.78, 5) is 13.6. The molecule has 10 heteroatoms. The highest BCUT2D eigenvalue weighted by atomic mass is 32.1. The molecule has 0 radical (unpaired) electrons. The Balaban J connectivity index is 1.49. The van der Waals surface area contributed by atoms with Gasteiger partial charge in [-0.2, -0.15) is 5.21 Å². The van der Waals surface area contributed by atoms with E-state index in [2.05, 4.69) is 25.9 Å². The quantitative estimate of drug-likeness (QED) is 0.563. The zero-order chi connectivity index (χ0) is 22.1. The van der Waals surface area contributed by atoms with Gasteiger partial charge in [-0.3, -0.25) is 10.1 Å². The Morgan fingerprint density at radius 3 is 2.62 bits per heavy atom. The van der Waals surface area contributed by atoms with E-state index in [1.54, 1.807) is 14.2 Å². The predicted octanol–water partition coefficient (Wildman–Crippen LogP) is 4.42. The molecule has 5 rings (SSSR count). The number of H-pyrrole nitrogens is 1. The van der Waals surface area contributed by atoms with Crippen molar-refractivity contribution in [1.82, 2.24) is 20.6 Å². The fraction of sp³-hybridized carbons (Fsp3) is 0.545. The molecule has 0 aliphatic heterocycles. The molecule has 1 aromatic carbocycles. The molecular weight excluding hydrogens is 430 g/mol. The molecule has 2 aliphatic rings. The summed E-state index contributed by atoms with van der Waals surface area (Å²) in [6.45, 7) is 0. The number of fused-ring (bicyclic) bond motifs is 2. The Hall–Kier alpha value is -2.88. The minimum atomic E-state index is -0.327. The van der Waals surface area contributed by atoms with Crippen LogP contribution in [-0.2, 0) is 0 Å². The first-order valence-electron chi connectivity index (χ1n) is 11.1. The summed E-state index contributed by atoms with van der Waals surface area (Å²) in [5, 5.41) is 17.0. The number of nitrogens with one attached hydrogen (secondary N) is 2. The molecule has 9 nitrogen and oxygen atoms in total. The molecule has 2 fully saturated rings. The van der Waals surface area contributed by atoms with Crippen LogP contribution in [0.3, 0.4) is 0 Å². The molecule has 170 valence electrons. The zero-order valence-corrected chi connectivity index (χ0v) is 19.0. The number of hydrogen-bond acceptors (Lipinski definition) is 8. The highest BCUT2D eigenvalue weighted by Gasteiger charge is 2.34. The van der Waals surface area contributed by atoms with Gasteiger partial charge >= 0.3 is 0 Å². The summed E-state index contributed by atoms with van der Waals surface area (Å²) in [7, 11) is 3.20. The first-order chi connectivity index (χ1) is 15.7. The van der Waals surface area contributed by atoms with Gasteiger partial charge < -0.3 is 14.2 Å². The van der Waals surface area contributed by atoms with Crippen LogP contribution < -0.4 is 19.5 Å². The van der Waals surface area contributed by atoms with Crippen molar-refractivity contribution in [3.05, 3.63) is 17.0 Å². The maximum atomic E-state index is 13.1. The topological polar surface area (TPSA) is 111 Å². The standard InChI is InChI=1S/C22H27N5O4S/c1-29-16-10-15-18(11-17(16)30-2)32-20(21(28)23-22-24-26-27-25-22)19(15)31-14-8-7-12-5-3-4-6-13(12)9-14/h10-14H,3-9H2,1-2H3,(H2,23,24,25,26,27,28). The smallest absolute Gasteiger partial charge is 0.272 e. The van der Waals surface area contributed by atoms with Crippen molar-refractivity contribution in [2.45, 2.75) is 51.0 Å². The molecule has 2 saturated carbocycles. The number of carbonyl (C=O) groups is 1. The van der Waals surface area contributed by atoms with E-state index in [0.717, 1.165) is 34.8 Å². The number of tetrazole rings is 1. The number of aromatic nitrogens is 4. The summed E-state index contributed by atoms with van der Waals surface area (Å²) in [6, 6.07) is 3.77. The van der Waals surface area contributed by atoms with Gasteiger partial charge in [-0.05, 0) is 42.4 Å². The molecule has 2 heterocycles. The van der Waals surface area contributed by atoms with Gasteiger partial charge in [0.1, 0.15) is 4.88 Å². The normalized spacial score (nSPS) is 22.9. The van der Waals surface area contributed by atoms with Gasteiger partial charge in [-0.15, -0.1) is 16.4 Å². The van der Waals surface area contributed by atoms with E-state index < -0.39 is 0 Å². The van der Waals surface area contributed by atoms with Gasteiger partial charge in [0.05, 0.1) is 20.3 Å². The number of aromatic amines is 1. The number of rotatable bonds is 6. The average molecular weight is 458 g/mol. The monoisotopic (exact) mass is 457 g/mol. The lowest BCUT2D eigenvalue weighted by Gasteiger charge is -2.39. The second-order valence-corrected chi connectivity index (χ2v) is 9.56. The van der Waals surface area contributed by atoms with Gasteiger partial charge in [0.15, 0.2) is 17.2 Å². The molecule has 3 unspecified atom stereocenters. The predicted molar refractivity (Wildman–Crippen MR) is 121 cm³/mol. The minimum Gasteiger partial charge on any atom is -0.493 e. The van der Waals surface area contributed by atoms with Gasteiger partial charge in [-0.1, -0.05) is 30.8 Å². The van der Waals surface area contributed by atoms with Crippen LogP contribution >= 0.6 is 11.3 Å². The first-order valence-corrected chi connectivity index (χ1v) is 11.9. The highest BCUT2D eigenvalue weighted by molar-refractivity contribution is 7.21. The number of benzene rings is 1. The van der Waals surface area contributed by atoms with Crippen LogP contribution in [0.2, 0.25) is 0 Å². The Kier molecular flexibility index (Phi) is 5.86. The number of hydrogen-bond donors (Lipinski definition) is 2. The fourth-order valence-corrected chi connectivity index (χ4v) is 6.19. The number of amides is 1. The molecule has 2 N–H and O–H groups in total. The van der Waals surface area contributed by atoms with Crippen LogP contribution in [-0.4, -0.2) is 46.9 Å². The molecule has 0 saturated heterocycles. The van der Waals surface area contributed by atoms with Crippen LogP contribution in [0.1, 0.15) is 54.6 Å². The summed E-state index contributed by atoms with van der Waals surface area (Å²) < 4.78 is 18.4. The second-order valence-electron chi connectivity index (χ2n) is 8.51. The van der Waals surface area contributed by atoms with E-state index in [1.165, 1.54) is 43.4 Å². The van der Waals surface area contributed by atoms with E-state index in [0.29, 0.717) is 22.1 Å². The van der Waals surface area contributed by atoms with Crippen LogP contribution in [0.25, 0.3) is 10.1 Å². The third-order valence-electron chi connectivity index (χ3n) is 6.70. The molecule has 0 bridgehead atoms. The molecule has 3 aromatic rings. The lowest BCUT2D eigenvalue weighted by atomic mass is 9.70. The molecule has 1 amide bonds. The van der Waals surface area contributed by atoms with Crippen LogP contribution in [0.5, 0.6) is 17.2 Å². The van der Waals surface area contributed by atoms with E-state index in [1.807, 2.05) is 12.1 Å². The van der Waals surface area contributed by atoms with Gasteiger partial charge in [-0.25, -0.2) is 0 Å². The third-order valence-corrected chi connectivity index (χ3v) is 7.83. The van der Waals surface area contributed by atoms with Crippen molar-refractivity contribution in [2.75, 3.05) is 19.5 Å². The summed E-state index contributed by atoms with van der Waals surface area (Å²) in [6.07, 6.45) is 8.63. The van der Waals surface area contributed by atoms with E-state index in [9.17, 15) is 4.79 Å². The summed E-state index contributed by atoms with van der Waals surface area (Å²) >= 11 is 1.36. The maximum absolute atomic E-state index is 13.1. The molecule has 32 heavy (non-hydrogen) atoms. The zero-order valence-electron chi connectivity index (χ0n) is 18.2. The number of ether oxygens (including phenoxy) is 3. The number of carbonyl (C=O) groups excluding carboxylic acids is 1. The van der Waals surface area contributed by atoms with Crippen molar-refractivity contribution >= 4 is 33.3 Å². The Bertz CT molecular complexity index is 1100. The summed E-state index contributed by atoms with van der Waals surface area (Å²) in [5.41, 5.74) is 0. The SMILES string of the molecule is COc1cc2sc(C(=O)Nc3nn[nH]n3)c(OC3CCC4CCCCC4C3)c2cc1OC. The molecular formula is C22H27N5O4S. The molecule has 3 atom stereocenters. The first kappa shape index (κ1) is 21.0. The molecule has 2 aliphatic carbocycles. The maximum Gasteiger partial charge on any atom is 0.272 e. The van der Waals surface area contributed by atoms with E-state index >= 15 is 0 Å². The Morgan fingerprint density at radius 1 is 1.09 bits per heavy atom. The lowest BCUT2D eigenvalue weighted by Crippen LogP contribution is -2.33. The second kappa shape index (κ2) is 8.93. The van der Waals surface area contributed by atoms with Crippen molar-refractivity contribution in [3.63, 3.8) is 0 Å². The number of thiophene rings is 1. The van der Waals surface area contributed by atoms with Crippen LogP contribution in [0.4, 0.5) is 5.95 Å². The lowest BCUT2D eigenvalue weighted by molar-refractivity contribution is 0.0650. The summed E-state index contributed by atoms with van der Waals surface area (Å²) in [5.74, 6) is 3.14. The van der Waals surface area contributed by atoms with Crippen molar-refractivity contribution in [2.24, 2.45) is 11.8 Å². The molecule has 0 spiro atoms. The highest BCUT2D eigenvalue weighted by Crippen LogP contribution is 2.46. The van der Waals surface area contributed by atoms with Gasteiger partial charge in [0, 0.05) is 16.2 Å². The third kappa shape index (κ3) is 3.99. The number of nitrogens with zero attached hydrogens (tertiary/aromatic N) is 3. The van der Waals surface area contributed by atoms with E-state index in [4.69, 9.17) is 14.2 Å². The van der Waals surface area contributed by atoms with Crippen molar-refractivity contribution < 1.29 is 19.0 Å². The van der Waals surface area contributed by atoms with Crippen LogP contribution in [0, 0.1) is 11.8 Å². The van der Waals surface area contributed by atoms with Gasteiger partial charge in [0.2, 0.25) is 0 Å². The Morgan fingerprint density at radius 2 is 1.88 bits per heavy atom. The fourth-order valence-electron chi connectivity index (χ4n) is 5.14. The average Bonchev–Trinajstić information content (AvgIpc) is 3.45. The minimum absolute atomic E-state index is 0.0944. The largest absolute Gasteiger partial charge is 0.493 e. The van der Waals surface area contributed by atoms with Crippen molar-refractivity contribution in [1.29, 1.82) is 0 Å². The molecule has 2 aromatic heterocycles. The number of anilines is 1.